The minimum atomic E-state index is -3.03. The second kappa shape index (κ2) is 6.99. The van der Waals surface area contributed by atoms with Gasteiger partial charge in [0, 0.05) is 39.3 Å². The van der Waals surface area contributed by atoms with Crippen LogP contribution in [0.1, 0.15) is 16.9 Å². The van der Waals surface area contributed by atoms with Crippen LogP contribution in [0.4, 0.5) is 5.69 Å². The van der Waals surface area contributed by atoms with E-state index in [2.05, 4.69) is 9.88 Å². The van der Waals surface area contributed by atoms with Crippen molar-refractivity contribution in [3.63, 3.8) is 0 Å². The summed E-state index contributed by atoms with van der Waals surface area (Å²) in [5, 5.41) is 0. The maximum atomic E-state index is 12.5. The van der Waals surface area contributed by atoms with Gasteiger partial charge in [-0.15, -0.1) is 0 Å². The molecule has 0 radical (unpaired) electrons. The Hall–Kier alpha value is -2.16. The van der Waals surface area contributed by atoms with E-state index in [4.69, 9.17) is 0 Å². The molecule has 0 spiro atoms. The summed E-state index contributed by atoms with van der Waals surface area (Å²) < 4.78 is 23.2. The molecule has 1 atom stereocenters. The first-order chi connectivity index (χ1) is 11.9. The highest BCUT2D eigenvalue weighted by atomic mass is 32.2. The number of hydrogen-bond donors (Lipinski definition) is 0. The van der Waals surface area contributed by atoms with Crippen LogP contribution in [0, 0.1) is 0 Å². The molecule has 3 heterocycles. The summed E-state index contributed by atoms with van der Waals surface area (Å²) in [6, 6.07) is 3.23. The molecular formula is C16H22N4O4S. The lowest BCUT2D eigenvalue weighted by atomic mass is 10.2. The maximum absolute atomic E-state index is 12.5. The highest BCUT2D eigenvalue weighted by Crippen LogP contribution is 2.19. The highest BCUT2D eigenvalue weighted by Gasteiger charge is 2.33. The number of anilines is 1. The van der Waals surface area contributed by atoms with E-state index >= 15 is 0 Å². The number of pyridine rings is 1. The number of carbonyl (C=O) groups is 2. The second-order valence-corrected chi connectivity index (χ2v) is 8.73. The molecule has 2 amide bonds. The number of amides is 2. The predicted molar refractivity (Wildman–Crippen MR) is 93.2 cm³/mol. The monoisotopic (exact) mass is 366 g/mol. The van der Waals surface area contributed by atoms with Crippen molar-refractivity contribution in [1.82, 2.24) is 14.8 Å². The number of nitrogens with zero attached hydrogens (tertiary/aromatic N) is 4. The van der Waals surface area contributed by atoms with Crippen molar-refractivity contribution in [2.45, 2.75) is 12.5 Å². The molecule has 8 nitrogen and oxygen atoms in total. The smallest absolute Gasteiger partial charge is 0.272 e. The fourth-order valence-corrected chi connectivity index (χ4v) is 4.99. The van der Waals surface area contributed by atoms with Gasteiger partial charge in [0.1, 0.15) is 5.69 Å². The Kier molecular flexibility index (Phi) is 4.94. The molecule has 0 aliphatic carbocycles. The van der Waals surface area contributed by atoms with Crippen molar-refractivity contribution in [2.24, 2.45) is 0 Å². The van der Waals surface area contributed by atoms with E-state index in [0.717, 1.165) is 25.2 Å². The molecule has 1 unspecified atom stereocenters. The molecule has 25 heavy (non-hydrogen) atoms. The summed E-state index contributed by atoms with van der Waals surface area (Å²) in [5.74, 6) is -0.109. The summed E-state index contributed by atoms with van der Waals surface area (Å²) in [6.07, 6.45) is 2.99. The van der Waals surface area contributed by atoms with Crippen LogP contribution >= 0.6 is 0 Å². The van der Waals surface area contributed by atoms with Crippen LogP contribution < -0.4 is 4.90 Å². The number of piperazine rings is 1. The molecule has 2 aliphatic heterocycles. The predicted octanol–water partition coefficient (Wildman–Crippen LogP) is -0.381. The van der Waals surface area contributed by atoms with Gasteiger partial charge in [0.15, 0.2) is 9.84 Å². The fraction of sp³-hybridized carbons (Fsp3) is 0.562. The third-order valence-corrected chi connectivity index (χ3v) is 6.62. The van der Waals surface area contributed by atoms with E-state index in [9.17, 15) is 18.0 Å². The van der Waals surface area contributed by atoms with Crippen LogP contribution in [0.25, 0.3) is 0 Å². The Morgan fingerprint density at radius 3 is 2.52 bits per heavy atom. The average Bonchev–Trinajstić information content (AvgIpc) is 3.00. The summed E-state index contributed by atoms with van der Waals surface area (Å²) in [4.78, 5) is 32.9. The zero-order valence-electron chi connectivity index (χ0n) is 14.2. The summed E-state index contributed by atoms with van der Waals surface area (Å²) >= 11 is 0. The van der Waals surface area contributed by atoms with Gasteiger partial charge in [-0.1, -0.05) is 0 Å². The third kappa shape index (κ3) is 3.92. The molecule has 3 rings (SSSR count). The largest absolute Gasteiger partial charge is 0.367 e. The van der Waals surface area contributed by atoms with Gasteiger partial charge in [-0.3, -0.25) is 9.59 Å². The number of sulfone groups is 1. The fourth-order valence-electron chi connectivity index (χ4n) is 3.21. The number of rotatable bonds is 4. The molecule has 1 aromatic rings. The van der Waals surface area contributed by atoms with E-state index in [-0.39, 0.29) is 23.5 Å². The Bertz CT molecular complexity index is 742. The average molecular weight is 366 g/mol. The summed E-state index contributed by atoms with van der Waals surface area (Å²) in [5.41, 5.74) is 1.22. The first-order valence-electron chi connectivity index (χ1n) is 8.27. The van der Waals surface area contributed by atoms with Crippen molar-refractivity contribution in [1.29, 1.82) is 0 Å². The van der Waals surface area contributed by atoms with E-state index in [1.54, 1.807) is 24.2 Å². The first kappa shape index (κ1) is 17.7. The van der Waals surface area contributed by atoms with Crippen molar-refractivity contribution in [3.8, 4) is 0 Å². The van der Waals surface area contributed by atoms with Crippen LogP contribution in [0.2, 0.25) is 0 Å². The lowest BCUT2D eigenvalue weighted by Crippen LogP contribution is -2.45. The van der Waals surface area contributed by atoms with Crippen molar-refractivity contribution < 1.29 is 18.0 Å². The van der Waals surface area contributed by atoms with Crippen molar-refractivity contribution in [3.05, 3.63) is 24.0 Å². The van der Waals surface area contributed by atoms with E-state index in [1.165, 1.54) is 4.90 Å². The maximum Gasteiger partial charge on any atom is 0.272 e. The quantitative estimate of drug-likeness (QED) is 0.675. The van der Waals surface area contributed by atoms with Gasteiger partial charge >= 0.3 is 0 Å². The topological polar surface area (TPSA) is 90.9 Å². The normalized spacial score (nSPS) is 22.7. The van der Waals surface area contributed by atoms with Crippen molar-refractivity contribution >= 4 is 27.8 Å². The molecular weight excluding hydrogens is 344 g/mol. The molecule has 2 aliphatic rings. The molecule has 0 bridgehead atoms. The first-order valence-corrected chi connectivity index (χ1v) is 10.1. The standard InChI is InChI=1S/C16H22N4O4S/c1-18(14-4-9-25(23,24)11-14)16(22)15-3-2-13(10-17-15)20-7-5-19(12-21)6-8-20/h2-3,10,12,14H,4-9,11H2,1H3. The lowest BCUT2D eigenvalue weighted by molar-refractivity contribution is -0.118. The zero-order chi connectivity index (χ0) is 18.0. The van der Waals surface area contributed by atoms with Crippen LogP contribution in [0.15, 0.2) is 18.3 Å². The Morgan fingerprint density at radius 2 is 2.00 bits per heavy atom. The molecule has 1 aromatic heterocycles. The van der Waals surface area contributed by atoms with Crippen LogP contribution in [-0.4, -0.2) is 86.3 Å². The Balaban J connectivity index is 1.64. The summed E-state index contributed by atoms with van der Waals surface area (Å²) in [6.45, 7) is 2.80. The molecule has 9 heteroatoms. The molecule has 0 N–H and O–H groups in total. The molecule has 136 valence electrons. The van der Waals surface area contributed by atoms with E-state index in [0.29, 0.717) is 25.2 Å². The molecule has 0 saturated carbocycles. The summed E-state index contributed by atoms with van der Waals surface area (Å²) in [7, 11) is -1.41. The minimum absolute atomic E-state index is 0.0222. The number of aromatic nitrogens is 1. The van der Waals surface area contributed by atoms with Gasteiger partial charge in [-0.25, -0.2) is 13.4 Å². The van der Waals surface area contributed by atoms with Gasteiger partial charge < -0.3 is 14.7 Å². The highest BCUT2D eigenvalue weighted by molar-refractivity contribution is 7.91. The lowest BCUT2D eigenvalue weighted by Gasteiger charge is -2.34. The van der Waals surface area contributed by atoms with E-state index in [1.807, 2.05) is 6.07 Å². The molecule has 2 saturated heterocycles. The van der Waals surface area contributed by atoms with Gasteiger partial charge in [0.25, 0.3) is 5.91 Å². The van der Waals surface area contributed by atoms with Crippen LogP contribution in [-0.2, 0) is 14.6 Å². The third-order valence-electron chi connectivity index (χ3n) is 4.87. The number of hydrogen-bond acceptors (Lipinski definition) is 6. The minimum Gasteiger partial charge on any atom is -0.367 e. The van der Waals surface area contributed by atoms with Gasteiger partial charge in [0.2, 0.25) is 6.41 Å². The second-order valence-electron chi connectivity index (χ2n) is 6.50. The van der Waals surface area contributed by atoms with Crippen LogP contribution in [0.3, 0.4) is 0 Å². The number of carbonyl (C=O) groups excluding carboxylic acids is 2. The Morgan fingerprint density at radius 1 is 1.28 bits per heavy atom. The van der Waals surface area contributed by atoms with Gasteiger partial charge in [-0.2, -0.15) is 0 Å². The Labute approximate surface area is 147 Å². The molecule has 2 fully saturated rings. The van der Waals surface area contributed by atoms with Gasteiger partial charge in [0.05, 0.1) is 23.4 Å². The van der Waals surface area contributed by atoms with Crippen LogP contribution in [0.5, 0.6) is 0 Å². The van der Waals surface area contributed by atoms with E-state index < -0.39 is 9.84 Å². The van der Waals surface area contributed by atoms with Gasteiger partial charge in [-0.05, 0) is 18.6 Å². The SMILES string of the molecule is CN(C(=O)c1ccc(N2CCN(C=O)CC2)cn1)C1CCS(=O)(=O)C1. The zero-order valence-corrected chi connectivity index (χ0v) is 15.0. The molecule has 0 aromatic carbocycles. The van der Waals surface area contributed by atoms with Crippen molar-refractivity contribution in [2.75, 3.05) is 49.6 Å².